The fourth-order valence-electron chi connectivity index (χ4n) is 5.80. The summed E-state index contributed by atoms with van der Waals surface area (Å²) < 4.78 is 24.6. The number of nitrogens with zero attached hydrogens (tertiary/aromatic N) is 3. The van der Waals surface area contributed by atoms with Crippen LogP contribution in [-0.4, -0.2) is 68.9 Å². The van der Waals surface area contributed by atoms with Gasteiger partial charge in [0.05, 0.1) is 24.3 Å². The maximum absolute atomic E-state index is 13.6. The molecule has 3 aromatic rings. The van der Waals surface area contributed by atoms with Crippen LogP contribution in [0.15, 0.2) is 59.6 Å². The summed E-state index contributed by atoms with van der Waals surface area (Å²) in [6.45, 7) is 5.53. The normalized spacial score (nSPS) is 21.4. The number of benzene rings is 3. The zero-order valence-electron chi connectivity index (χ0n) is 22.0. The number of likely N-dealkylation sites (tertiary alicyclic amines) is 1. The van der Waals surface area contributed by atoms with Crippen molar-refractivity contribution in [2.45, 2.75) is 37.8 Å². The second kappa shape index (κ2) is 11.7. The minimum atomic E-state index is -0.234. The summed E-state index contributed by atoms with van der Waals surface area (Å²) in [6.07, 6.45) is 3.89. The van der Waals surface area contributed by atoms with Gasteiger partial charge in [-0.05, 0) is 97.4 Å². The molecule has 39 heavy (non-hydrogen) atoms. The number of anilines is 1. The van der Waals surface area contributed by atoms with Gasteiger partial charge in [0, 0.05) is 31.2 Å². The molecule has 8 heteroatoms. The lowest BCUT2D eigenvalue weighted by Crippen LogP contribution is -2.38. The Kier molecular flexibility index (Phi) is 7.91. The Morgan fingerprint density at radius 2 is 1.85 bits per heavy atom. The van der Waals surface area contributed by atoms with Crippen LogP contribution in [0, 0.1) is 11.7 Å². The van der Waals surface area contributed by atoms with Gasteiger partial charge in [0.25, 0.3) is 0 Å². The van der Waals surface area contributed by atoms with Crippen LogP contribution >= 0.6 is 11.6 Å². The topological polar surface area (TPSA) is 60.4 Å². The Hall–Kier alpha value is -2.87. The Bertz CT molecular complexity index is 1340. The summed E-state index contributed by atoms with van der Waals surface area (Å²) in [4.78, 5) is 9.44. The lowest BCUT2D eigenvalue weighted by molar-refractivity contribution is -0.223. The van der Waals surface area contributed by atoms with Crippen LogP contribution in [-0.2, 0) is 11.2 Å². The third kappa shape index (κ3) is 6.32. The van der Waals surface area contributed by atoms with Crippen LogP contribution in [0.25, 0.3) is 10.8 Å². The second-order valence-corrected chi connectivity index (χ2v) is 11.4. The lowest BCUT2D eigenvalue weighted by atomic mass is 10.0. The summed E-state index contributed by atoms with van der Waals surface area (Å²) in [5.41, 5.74) is 2.11. The predicted octanol–water partition coefficient (Wildman–Crippen LogP) is 4.70. The van der Waals surface area contributed by atoms with Crippen molar-refractivity contribution in [3.63, 3.8) is 0 Å². The van der Waals surface area contributed by atoms with Gasteiger partial charge in [0.2, 0.25) is 0 Å². The van der Waals surface area contributed by atoms with E-state index in [1.807, 2.05) is 30.3 Å². The number of hydrogen-bond acceptors (Lipinski definition) is 6. The molecule has 6 rings (SSSR count). The van der Waals surface area contributed by atoms with Crippen LogP contribution < -0.4 is 14.7 Å². The van der Waals surface area contributed by atoms with Gasteiger partial charge in [-0.1, -0.05) is 29.8 Å². The summed E-state index contributed by atoms with van der Waals surface area (Å²) in [5.74, 6) is 0.296. The summed E-state index contributed by atoms with van der Waals surface area (Å²) in [7, 11) is 0. The van der Waals surface area contributed by atoms with Gasteiger partial charge >= 0.3 is 0 Å². The van der Waals surface area contributed by atoms with Crippen molar-refractivity contribution in [1.82, 2.24) is 4.90 Å². The molecular formula is C31H34ClFN3O3-. The van der Waals surface area contributed by atoms with E-state index in [2.05, 4.69) is 15.9 Å². The Labute approximate surface area is 234 Å². The average Bonchev–Trinajstić information content (AvgIpc) is 3.59. The van der Waals surface area contributed by atoms with Crippen molar-refractivity contribution in [2.24, 2.45) is 10.9 Å². The monoisotopic (exact) mass is 550 g/mol. The van der Waals surface area contributed by atoms with E-state index < -0.39 is 0 Å². The SMILES string of the molecule is [O-]C(=NC(Cc1ccc(OC2COC2)c(Cl)c1)CN1CCCC1)[C@@H]1CCN(c2ccc3cc(F)ccc3c2)C1. The first-order valence-electron chi connectivity index (χ1n) is 13.9. The predicted molar refractivity (Wildman–Crippen MR) is 152 cm³/mol. The molecule has 3 aromatic carbocycles. The van der Waals surface area contributed by atoms with Crippen molar-refractivity contribution >= 4 is 34.0 Å². The molecule has 3 aliphatic heterocycles. The molecule has 0 aliphatic carbocycles. The van der Waals surface area contributed by atoms with E-state index in [-0.39, 0.29) is 29.8 Å². The second-order valence-electron chi connectivity index (χ2n) is 11.0. The third-order valence-corrected chi connectivity index (χ3v) is 8.33. The summed E-state index contributed by atoms with van der Waals surface area (Å²) >= 11 is 6.54. The highest BCUT2D eigenvalue weighted by Gasteiger charge is 2.25. The molecule has 2 atom stereocenters. The quantitative estimate of drug-likeness (QED) is 0.285. The van der Waals surface area contributed by atoms with Crippen molar-refractivity contribution < 1.29 is 19.0 Å². The number of fused-ring (bicyclic) bond motifs is 1. The van der Waals surface area contributed by atoms with Gasteiger partial charge in [0.15, 0.2) is 0 Å². The number of ether oxygens (including phenoxy) is 2. The molecule has 206 valence electrons. The Morgan fingerprint density at radius 1 is 1.05 bits per heavy atom. The van der Waals surface area contributed by atoms with E-state index in [1.54, 1.807) is 12.1 Å². The van der Waals surface area contributed by atoms with Gasteiger partial charge in [0.1, 0.15) is 17.7 Å². The summed E-state index contributed by atoms with van der Waals surface area (Å²) in [6, 6.07) is 16.6. The third-order valence-electron chi connectivity index (χ3n) is 8.03. The smallest absolute Gasteiger partial charge is 0.145 e. The largest absolute Gasteiger partial charge is 0.862 e. The standard InChI is InChI=1S/C31H35ClFN3O3/c32-29-14-21(3-8-30(29)39-28-19-38-20-28)13-26(18-35-10-1-2-11-35)34-31(37)24-9-12-36(17-24)27-7-5-22-15-25(33)6-4-23(22)16-27/h3-8,14-16,24,26,28H,1-2,9-13,17-20H2,(H,34,37)/p-1/t24-,26?/m1/s1. The number of aliphatic imine (C=N–C) groups is 1. The van der Waals surface area contributed by atoms with Crippen LogP contribution in [0.1, 0.15) is 24.8 Å². The molecule has 0 spiro atoms. The first-order chi connectivity index (χ1) is 19.0. The molecule has 0 aromatic heterocycles. The molecule has 3 aliphatic rings. The molecule has 3 fully saturated rings. The highest BCUT2D eigenvalue weighted by Crippen LogP contribution is 2.30. The minimum Gasteiger partial charge on any atom is -0.862 e. The molecule has 0 saturated carbocycles. The van der Waals surface area contributed by atoms with Gasteiger partial charge in [-0.15, -0.1) is 0 Å². The number of halogens is 2. The van der Waals surface area contributed by atoms with E-state index in [0.717, 1.165) is 54.6 Å². The Balaban J connectivity index is 1.14. The van der Waals surface area contributed by atoms with E-state index in [1.165, 1.54) is 18.9 Å². The maximum Gasteiger partial charge on any atom is 0.145 e. The fourth-order valence-corrected chi connectivity index (χ4v) is 6.04. The molecule has 0 radical (unpaired) electrons. The first-order valence-corrected chi connectivity index (χ1v) is 14.3. The van der Waals surface area contributed by atoms with E-state index in [0.29, 0.717) is 37.0 Å². The fraction of sp³-hybridized carbons (Fsp3) is 0.452. The van der Waals surface area contributed by atoms with Crippen LogP contribution in [0.3, 0.4) is 0 Å². The van der Waals surface area contributed by atoms with Gasteiger partial charge in [-0.3, -0.25) is 0 Å². The van der Waals surface area contributed by atoms with Crippen LogP contribution in [0.4, 0.5) is 10.1 Å². The maximum atomic E-state index is 13.6. The highest BCUT2D eigenvalue weighted by molar-refractivity contribution is 6.32. The molecule has 0 N–H and O–H groups in total. The minimum absolute atomic E-state index is 0.0133. The zero-order chi connectivity index (χ0) is 26.8. The van der Waals surface area contributed by atoms with E-state index in [9.17, 15) is 9.50 Å². The first kappa shape index (κ1) is 26.4. The molecule has 3 heterocycles. The average molecular weight is 551 g/mol. The van der Waals surface area contributed by atoms with Gasteiger partial charge < -0.3 is 29.4 Å². The van der Waals surface area contributed by atoms with Crippen molar-refractivity contribution in [1.29, 1.82) is 0 Å². The number of hydrogen-bond donors (Lipinski definition) is 0. The molecule has 0 bridgehead atoms. The Morgan fingerprint density at radius 3 is 2.62 bits per heavy atom. The molecule has 1 unspecified atom stereocenters. The zero-order valence-corrected chi connectivity index (χ0v) is 22.8. The molecule has 3 saturated heterocycles. The highest BCUT2D eigenvalue weighted by atomic mass is 35.5. The molecular weight excluding hydrogens is 517 g/mol. The van der Waals surface area contributed by atoms with E-state index in [4.69, 9.17) is 26.1 Å². The van der Waals surface area contributed by atoms with Crippen molar-refractivity contribution in [3.8, 4) is 5.75 Å². The van der Waals surface area contributed by atoms with Crippen molar-refractivity contribution in [3.05, 3.63) is 71.0 Å². The number of rotatable bonds is 9. The van der Waals surface area contributed by atoms with Gasteiger partial charge in [-0.2, -0.15) is 0 Å². The van der Waals surface area contributed by atoms with Gasteiger partial charge in [-0.25, -0.2) is 4.39 Å². The van der Waals surface area contributed by atoms with E-state index >= 15 is 0 Å². The van der Waals surface area contributed by atoms with Crippen LogP contribution in [0.2, 0.25) is 5.02 Å². The summed E-state index contributed by atoms with van der Waals surface area (Å²) in [5, 5.41) is 15.9. The van der Waals surface area contributed by atoms with Crippen LogP contribution in [0.5, 0.6) is 5.75 Å². The van der Waals surface area contributed by atoms with Crippen molar-refractivity contribution in [2.75, 3.05) is 50.8 Å². The molecule has 6 nitrogen and oxygen atoms in total. The molecule has 0 amide bonds. The lowest BCUT2D eigenvalue weighted by Gasteiger charge is -2.27.